The number of fused-ring (bicyclic) bond motifs is 2. The zero-order valence-electron chi connectivity index (χ0n) is 10.1. The minimum absolute atomic E-state index is 0.275. The third-order valence-electron chi connectivity index (χ3n) is 3.34. The van der Waals surface area contributed by atoms with Gasteiger partial charge in [-0.15, -0.1) is 0 Å². The van der Waals surface area contributed by atoms with Crippen molar-refractivity contribution in [3.8, 4) is 0 Å². The number of hydrogen-bond acceptors (Lipinski definition) is 6. The first-order chi connectivity index (χ1) is 8.02. The maximum absolute atomic E-state index is 11.8. The Morgan fingerprint density at radius 1 is 1.35 bits per heavy atom. The lowest BCUT2D eigenvalue weighted by atomic mass is 9.82. The van der Waals surface area contributed by atoms with Gasteiger partial charge in [-0.3, -0.25) is 4.79 Å². The molecular formula is C11H16O6. The molecule has 1 aliphatic heterocycles. The Balaban J connectivity index is 2.25. The molecule has 96 valence electrons. The van der Waals surface area contributed by atoms with Crippen LogP contribution in [0.3, 0.4) is 0 Å². The van der Waals surface area contributed by atoms with Gasteiger partial charge < -0.3 is 18.9 Å². The van der Waals surface area contributed by atoms with Gasteiger partial charge in [-0.25, -0.2) is 4.79 Å². The molecule has 6 heteroatoms. The van der Waals surface area contributed by atoms with E-state index in [-0.39, 0.29) is 18.6 Å². The van der Waals surface area contributed by atoms with Crippen LogP contribution in [0, 0.1) is 0 Å². The minimum atomic E-state index is -1.19. The van der Waals surface area contributed by atoms with Crippen LogP contribution in [-0.4, -0.2) is 50.1 Å². The lowest BCUT2D eigenvalue weighted by Crippen LogP contribution is -2.51. The number of methoxy groups -OCH3 is 2. The van der Waals surface area contributed by atoms with Gasteiger partial charge in [0, 0.05) is 34.0 Å². The molecule has 1 aliphatic carbocycles. The predicted octanol–water partition coefficient (Wildman–Crippen LogP) is 0.0375. The number of carbonyl (C=O) groups is 2. The third-order valence-corrected chi connectivity index (χ3v) is 3.34. The van der Waals surface area contributed by atoms with E-state index in [0.29, 0.717) is 6.42 Å². The Bertz CT molecular complexity index is 341. The lowest BCUT2D eigenvalue weighted by Gasteiger charge is -2.36. The van der Waals surface area contributed by atoms with Crippen LogP contribution >= 0.6 is 0 Å². The average Bonchev–Trinajstić information content (AvgIpc) is 2.50. The Morgan fingerprint density at radius 3 is 2.59 bits per heavy atom. The van der Waals surface area contributed by atoms with Crippen LogP contribution in [0.2, 0.25) is 0 Å². The van der Waals surface area contributed by atoms with Crippen molar-refractivity contribution >= 4 is 11.9 Å². The Morgan fingerprint density at radius 2 is 2.06 bits per heavy atom. The molecule has 0 aromatic rings. The molecule has 2 bridgehead atoms. The first kappa shape index (κ1) is 12.3. The van der Waals surface area contributed by atoms with Gasteiger partial charge in [0.15, 0.2) is 0 Å². The van der Waals surface area contributed by atoms with Crippen LogP contribution in [0.15, 0.2) is 0 Å². The standard InChI is InChI=1S/C11H16O6/c1-6(12)17-11-4-7(14-2)9(15-3)8(5-11)16-10(11)13/h7-9H,4-5H2,1-3H3/t7?,8-,9?,11?/m1/s1. The van der Waals surface area contributed by atoms with Crippen molar-refractivity contribution in [1.29, 1.82) is 0 Å². The molecule has 2 aliphatic rings. The zero-order chi connectivity index (χ0) is 12.6. The summed E-state index contributed by atoms with van der Waals surface area (Å²) in [6, 6.07) is 0. The largest absolute Gasteiger partial charge is 0.456 e. The molecule has 2 rings (SSSR count). The van der Waals surface area contributed by atoms with Gasteiger partial charge in [-0.1, -0.05) is 0 Å². The van der Waals surface area contributed by atoms with Crippen molar-refractivity contribution in [2.45, 2.75) is 43.7 Å². The van der Waals surface area contributed by atoms with E-state index in [0.717, 1.165) is 0 Å². The van der Waals surface area contributed by atoms with Crippen LogP contribution in [0.4, 0.5) is 0 Å². The van der Waals surface area contributed by atoms with Crippen LogP contribution < -0.4 is 0 Å². The van der Waals surface area contributed by atoms with Crippen LogP contribution in [-0.2, 0) is 28.5 Å². The highest BCUT2D eigenvalue weighted by atomic mass is 16.6. The first-order valence-corrected chi connectivity index (χ1v) is 5.48. The molecule has 0 radical (unpaired) electrons. The number of rotatable bonds is 3. The highest BCUT2D eigenvalue weighted by molar-refractivity contribution is 5.85. The van der Waals surface area contributed by atoms with E-state index in [9.17, 15) is 9.59 Å². The van der Waals surface area contributed by atoms with Gasteiger partial charge in [-0.2, -0.15) is 0 Å². The minimum Gasteiger partial charge on any atom is -0.456 e. The summed E-state index contributed by atoms with van der Waals surface area (Å²) in [6.45, 7) is 1.28. The number of esters is 2. The second-order valence-electron chi connectivity index (χ2n) is 4.41. The van der Waals surface area contributed by atoms with E-state index in [4.69, 9.17) is 18.9 Å². The quantitative estimate of drug-likeness (QED) is 0.653. The van der Waals surface area contributed by atoms with Gasteiger partial charge in [0.05, 0.1) is 6.10 Å². The van der Waals surface area contributed by atoms with Crippen LogP contribution in [0.1, 0.15) is 19.8 Å². The van der Waals surface area contributed by atoms with E-state index in [1.54, 1.807) is 7.11 Å². The van der Waals surface area contributed by atoms with Gasteiger partial charge in [0.1, 0.15) is 12.2 Å². The normalized spacial score (nSPS) is 39.9. The summed E-state index contributed by atoms with van der Waals surface area (Å²) < 4.78 is 20.9. The van der Waals surface area contributed by atoms with Gasteiger partial charge in [0.2, 0.25) is 5.60 Å². The Hall–Kier alpha value is -1.14. The molecule has 0 amide bonds. The van der Waals surface area contributed by atoms with E-state index >= 15 is 0 Å². The van der Waals surface area contributed by atoms with Crippen molar-refractivity contribution < 1.29 is 28.5 Å². The summed E-state index contributed by atoms with van der Waals surface area (Å²) in [6.07, 6.45) is -0.425. The molecule has 3 unspecified atom stereocenters. The molecule has 2 fully saturated rings. The fraction of sp³-hybridized carbons (Fsp3) is 0.818. The molecule has 6 nitrogen and oxygen atoms in total. The summed E-state index contributed by atoms with van der Waals surface area (Å²) in [5.41, 5.74) is -1.19. The first-order valence-electron chi connectivity index (χ1n) is 5.48. The Kier molecular flexibility index (Phi) is 3.09. The maximum Gasteiger partial charge on any atom is 0.351 e. The second-order valence-corrected chi connectivity index (χ2v) is 4.41. The van der Waals surface area contributed by atoms with Crippen molar-refractivity contribution in [3.63, 3.8) is 0 Å². The molecule has 17 heavy (non-hydrogen) atoms. The fourth-order valence-electron chi connectivity index (χ4n) is 2.65. The summed E-state index contributed by atoms with van der Waals surface area (Å²) in [7, 11) is 3.08. The molecule has 1 heterocycles. The van der Waals surface area contributed by atoms with E-state index in [1.165, 1.54) is 14.0 Å². The summed E-state index contributed by atoms with van der Waals surface area (Å²) in [5, 5.41) is 0. The number of hydrogen-bond donors (Lipinski definition) is 0. The molecule has 1 saturated carbocycles. The second kappa shape index (κ2) is 4.27. The van der Waals surface area contributed by atoms with Crippen LogP contribution in [0.25, 0.3) is 0 Å². The van der Waals surface area contributed by atoms with E-state index < -0.39 is 23.6 Å². The zero-order valence-corrected chi connectivity index (χ0v) is 10.1. The van der Waals surface area contributed by atoms with E-state index in [1.807, 2.05) is 0 Å². The molecule has 0 aromatic heterocycles. The van der Waals surface area contributed by atoms with Gasteiger partial charge in [-0.05, 0) is 0 Å². The molecule has 0 spiro atoms. The summed E-state index contributed by atoms with van der Waals surface area (Å²) >= 11 is 0. The summed E-state index contributed by atoms with van der Waals surface area (Å²) in [5.74, 6) is -0.993. The van der Waals surface area contributed by atoms with Crippen molar-refractivity contribution in [2.24, 2.45) is 0 Å². The number of ether oxygens (including phenoxy) is 4. The van der Waals surface area contributed by atoms with Gasteiger partial charge >= 0.3 is 11.9 Å². The van der Waals surface area contributed by atoms with E-state index in [2.05, 4.69) is 0 Å². The predicted molar refractivity (Wildman–Crippen MR) is 55.2 cm³/mol. The molecule has 4 atom stereocenters. The monoisotopic (exact) mass is 244 g/mol. The SMILES string of the molecule is COC1CC2(OC(C)=O)C[C@@H](OC2=O)C1OC. The third kappa shape index (κ3) is 1.91. The molecule has 0 aromatic carbocycles. The highest BCUT2D eigenvalue weighted by Gasteiger charge is 2.61. The maximum atomic E-state index is 11.8. The highest BCUT2D eigenvalue weighted by Crippen LogP contribution is 2.42. The van der Waals surface area contributed by atoms with Crippen molar-refractivity contribution in [1.82, 2.24) is 0 Å². The van der Waals surface area contributed by atoms with Gasteiger partial charge in [0.25, 0.3) is 0 Å². The Labute approximate surface area is 99.2 Å². The molecule has 1 saturated heterocycles. The lowest BCUT2D eigenvalue weighted by molar-refractivity contribution is -0.175. The molecule has 0 N–H and O–H groups in total. The summed E-state index contributed by atoms with van der Waals surface area (Å²) in [4.78, 5) is 22.9. The smallest absolute Gasteiger partial charge is 0.351 e. The van der Waals surface area contributed by atoms with Crippen molar-refractivity contribution in [3.05, 3.63) is 0 Å². The topological polar surface area (TPSA) is 71.1 Å². The average molecular weight is 244 g/mol. The van der Waals surface area contributed by atoms with Crippen molar-refractivity contribution in [2.75, 3.05) is 14.2 Å². The molecular weight excluding hydrogens is 228 g/mol. The van der Waals surface area contributed by atoms with Crippen LogP contribution in [0.5, 0.6) is 0 Å². The number of carbonyl (C=O) groups excluding carboxylic acids is 2. The fourth-order valence-corrected chi connectivity index (χ4v) is 2.65.